The van der Waals surface area contributed by atoms with Crippen molar-refractivity contribution in [2.24, 2.45) is 0 Å². The smallest absolute Gasteiger partial charge is 0.260 e. The quantitative estimate of drug-likeness (QED) is 0.801. The number of benzene rings is 1. The van der Waals surface area contributed by atoms with E-state index in [-0.39, 0.29) is 5.91 Å². The standard InChI is InChI=1S/C13H11N5OS/c1-9-11(12(19)16-13-17-14-8-20-13)7-15-18(9)10-5-3-2-4-6-10/h2-8H,1H3,(H,16,17,19). The van der Waals surface area contributed by atoms with Gasteiger partial charge in [-0.25, -0.2) is 4.68 Å². The van der Waals surface area contributed by atoms with Crippen molar-refractivity contribution in [3.63, 3.8) is 0 Å². The van der Waals surface area contributed by atoms with Crippen LogP contribution in [-0.4, -0.2) is 25.9 Å². The third-order valence-electron chi connectivity index (χ3n) is 2.84. The first-order chi connectivity index (χ1) is 9.75. The lowest BCUT2D eigenvalue weighted by atomic mass is 10.2. The number of rotatable bonds is 3. The zero-order valence-corrected chi connectivity index (χ0v) is 11.5. The third kappa shape index (κ3) is 2.30. The topological polar surface area (TPSA) is 72.7 Å². The number of nitrogens with zero attached hydrogens (tertiary/aromatic N) is 4. The van der Waals surface area contributed by atoms with Gasteiger partial charge in [0.15, 0.2) is 0 Å². The van der Waals surface area contributed by atoms with Crippen LogP contribution in [0.1, 0.15) is 16.1 Å². The summed E-state index contributed by atoms with van der Waals surface area (Å²) < 4.78 is 1.73. The van der Waals surface area contributed by atoms with Crippen molar-refractivity contribution < 1.29 is 4.79 Å². The lowest BCUT2D eigenvalue weighted by molar-refractivity contribution is 0.102. The van der Waals surface area contributed by atoms with Gasteiger partial charge < -0.3 is 0 Å². The summed E-state index contributed by atoms with van der Waals surface area (Å²) in [6.07, 6.45) is 1.55. The highest BCUT2D eigenvalue weighted by Gasteiger charge is 2.16. The van der Waals surface area contributed by atoms with Crippen molar-refractivity contribution in [3.05, 3.63) is 53.3 Å². The monoisotopic (exact) mass is 285 g/mol. The predicted molar refractivity (Wildman–Crippen MR) is 76.2 cm³/mol. The van der Waals surface area contributed by atoms with E-state index in [0.717, 1.165) is 11.4 Å². The van der Waals surface area contributed by atoms with Crippen LogP contribution in [0.15, 0.2) is 42.0 Å². The van der Waals surface area contributed by atoms with Gasteiger partial charge in [-0.05, 0) is 19.1 Å². The van der Waals surface area contributed by atoms with Crippen LogP contribution in [0.3, 0.4) is 0 Å². The van der Waals surface area contributed by atoms with E-state index in [2.05, 4.69) is 20.6 Å². The molecule has 0 radical (unpaired) electrons. The van der Waals surface area contributed by atoms with Gasteiger partial charge in [0, 0.05) is 0 Å². The van der Waals surface area contributed by atoms with E-state index >= 15 is 0 Å². The molecule has 2 aromatic heterocycles. The minimum Gasteiger partial charge on any atom is -0.296 e. The van der Waals surface area contributed by atoms with Crippen LogP contribution in [0.2, 0.25) is 0 Å². The van der Waals surface area contributed by atoms with E-state index in [0.29, 0.717) is 10.7 Å². The van der Waals surface area contributed by atoms with Gasteiger partial charge >= 0.3 is 0 Å². The molecule has 2 heterocycles. The second kappa shape index (κ2) is 5.22. The molecule has 0 aliphatic rings. The van der Waals surface area contributed by atoms with Crippen LogP contribution in [0.4, 0.5) is 5.13 Å². The fourth-order valence-corrected chi connectivity index (χ4v) is 2.29. The van der Waals surface area contributed by atoms with Gasteiger partial charge in [-0.3, -0.25) is 10.1 Å². The zero-order chi connectivity index (χ0) is 13.9. The summed E-state index contributed by atoms with van der Waals surface area (Å²) in [6, 6.07) is 9.67. The number of aromatic nitrogens is 4. The number of nitrogens with one attached hydrogen (secondary N) is 1. The molecule has 100 valence electrons. The van der Waals surface area contributed by atoms with Gasteiger partial charge in [0.05, 0.1) is 23.1 Å². The Hall–Kier alpha value is -2.54. The number of carbonyl (C=O) groups excluding carboxylic acids is 1. The number of para-hydroxylation sites is 1. The second-order valence-corrected chi connectivity index (χ2v) is 4.92. The molecule has 0 unspecified atom stereocenters. The van der Waals surface area contributed by atoms with Gasteiger partial charge in [-0.2, -0.15) is 5.10 Å². The first-order valence-electron chi connectivity index (χ1n) is 5.93. The molecule has 0 atom stereocenters. The number of hydrogen-bond donors (Lipinski definition) is 1. The van der Waals surface area contributed by atoms with E-state index in [9.17, 15) is 4.79 Å². The average Bonchev–Trinajstić information content (AvgIpc) is 3.09. The molecule has 6 nitrogen and oxygen atoms in total. The van der Waals surface area contributed by atoms with Crippen molar-refractivity contribution in [2.75, 3.05) is 5.32 Å². The summed E-state index contributed by atoms with van der Waals surface area (Å²) >= 11 is 1.27. The minimum absolute atomic E-state index is 0.235. The highest BCUT2D eigenvalue weighted by atomic mass is 32.1. The average molecular weight is 285 g/mol. The SMILES string of the molecule is Cc1c(C(=O)Nc2nncs2)cnn1-c1ccccc1. The molecule has 20 heavy (non-hydrogen) atoms. The van der Waals surface area contributed by atoms with Crippen molar-refractivity contribution in [3.8, 4) is 5.69 Å². The predicted octanol–water partition coefficient (Wildman–Crippen LogP) is 2.28. The molecule has 3 aromatic rings. The van der Waals surface area contributed by atoms with Crippen LogP contribution in [0, 0.1) is 6.92 Å². The Bertz CT molecular complexity index is 721. The second-order valence-electron chi connectivity index (χ2n) is 4.09. The highest BCUT2D eigenvalue weighted by Crippen LogP contribution is 2.16. The summed E-state index contributed by atoms with van der Waals surface area (Å²) in [6.45, 7) is 1.86. The number of amides is 1. The molecule has 1 amide bonds. The fraction of sp³-hybridized carbons (Fsp3) is 0.0769. The van der Waals surface area contributed by atoms with Crippen molar-refractivity contribution in [1.29, 1.82) is 0 Å². The summed E-state index contributed by atoms with van der Waals surface area (Å²) in [5, 5.41) is 14.9. The van der Waals surface area contributed by atoms with Gasteiger partial charge in [-0.1, -0.05) is 29.5 Å². The molecule has 0 aliphatic carbocycles. The molecule has 1 N–H and O–H groups in total. The first-order valence-corrected chi connectivity index (χ1v) is 6.81. The lowest BCUT2D eigenvalue weighted by Gasteiger charge is -2.05. The van der Waals surface area contributed by atoms with Crippen LogP contribution >= 0.6 is 11.3 Å². The first kappa shape index (κ1) is 12.5. The Morgan fingerprint density at radius 1 is 1.30 bits per heavy atom. The van der Waals surface area contributed by atoms with E-state index in [4.69, 9.17) is 0 Å². The summed E-state index contributed by atoms with van der Waals surface area (Å²) in [5.74, 6) is -0.235. The largest absolute Gasteiger partial charge is 0.296 e. The molecule has 0 spiro atoms. The van der Waals surface area contributed by atoms with Crippen molar-refractivity contribution >= 4 is 22.4 Å². The van der Waals surface area contributed by atoms with E-state index in [1.54, 1.807) is 16.4 Å². The third-order valence-corrected chi connectivity index (χ3v) is 3.44. The molecule has 7 heteroatoms. The van der Waals surface area contributed by atoms with Crippen LogP contribution in [0.5, 0.6) is 0 Å². The molecule has 0 bridgehead atoms. The van der Waals surface area contributed by atoms with Gasteiger partial charge in [-0.15, -0.1) is 10.2 Å². The lowest BCUT2D eigenvalue weighted by Crippen LogP contribution is -2.13. The molecule has 0 fully saturated rings. The van der Waals surface area contributed by atoms with Gasteiger partial charge in [0.1, 0.15) is 5.51 Å². The maximum atomic E-state index is 12.2. The van der Waals surface area contributed by atoms with E-state index < -0.39 is 0 Å². The molecule has 0 saturated carbocycles. The highest BCUT2D eigenvalue weighted by molar-refractivity contribution is 7.13. The summed E-state index contributed by atoms with van der Waals surface area (Å²) in [4.78, 5) is 12.2. The van der Waals surface area contributed by atoms with E-state index in [1.807, 2.05) is 37.3 Å². The van der Waals surface area contributed by atoms with Crippen molar-refractivity contribution in [1.82, 2.24) is 20.0 Å². The van der Waals surface area contributed by atoms with Crippen molar-refractivity contribution in [2.45, 2.75) is 6.92 Å². The summed E-state index contributed by atoms with van der Waals surface area (Å²) in [7, 11) is 0. The zero-order valence-electron chi connectivity index (χ0n) is 10.6. The maximum Gasteiger partial charge on any atom is 0.260 e. The van der Waals surface area contributed by atoms with E-state index in [1.165, 1.54) is 11.3 Å². The minimum atomic E-state index is -0.235. The fourth-order valence-electron chi connectivity index (χ4n) is 1.85. The van der Waals surface area contributed by atoms with Gasteiger partial charge in [0.25, 0.3) is 5.91 Å². The maximum absolute atomic E-state index is 12.2. The van der Waals surface area contributed by atoms with Crippen LogP contribution in [0.25, 0.3) is 5.69 Å². The van der Waals surface area contributed by atoms with Crippen LogP contribution in [-0.2, 0) is 0 Å². The Balaban J connectivity index is 1.89. The molecule has 0 aliphatic heterocycles. The Morgan fingerprint density at radius 2 is 2.10 bits per heavy atom. The Labute approximate surface area is 119 Å². The molecular formula is C13H11N5OS. The Kier molecular flexibility index (Phi) is 3.26. The number of carbonyl (C=O) groups is 1. The number of hydrogen-bond acceptors (Lipinski definition) is 5. The molecule has 3 rings (SSSR count). The molecule has 1 aromatic carbocycles. The summed E-state index contributed by atoms with van der Waals surface area (Å²) in [5.41, 5.74) is 3.78. The molecular weight excluding hydrogens is 274 g/mol. The number of anilines is 1. The van der Waals surface area contributed by atoms with Crippen LogP contribution < -0.4 is 5.32 Å². The Morgan fingerprint density at radius 3 is 2.80 bits per heavy atom. The molecule has 0 saturated heterocycles. The van der Waals surface area contributed by atoms with Gasteiger partial charge in [0.2, 0.25) is 5.13 Å². The normalized spacial score (nSPS) is 10.4.